The standard InChI is InChI=1S/C22H22N6O4/c1-14-21-19(24-23-15-4-6-17(7-5-15)27(29)30)12-22(2,3)13-20(21)26(25-14)16-8-10-18(11-9-16)28(31)32/h4-11,23H,12-13H2,1-3H3/b24-19+. The average Bonchev–Trinajstić information content (AvgIpc) is 3.07. The molecule has 2 aromatic carbocycles. The van der Waals surface area contributed by atoms with Crippen LogP contribution in [0.3, 0.4) is 0 Å². The molecule has 164 valence electrons. The van der Waals surface area contributed by atoms with Crippen LogP contribution in [0.2, 0.25) is 0 Å². The average molecular weight is 434 g/mol. The first-order valence-corrected chi connectivity index (χ1v) is 10.1. The van der Waals surface area contributed by atoms with E-state index >= 15 is 0 Å². The van der Waals surface area contributed by atoms with Gasteiger partial charge in [-0.3, -0.25) is 25.7 Å². The van der Waals surface area contributed by atoms with Gasteiger partial charge in [-0.05, 0) is 49.4 Å². The van der Waals surface area contributed by atoms with Crippen molar-refractivity contribution in [3.63, 3.8) is 0 Å². The summed E-state index contributed by atoms with van der Waals surface area (Å²) in [6, 6.07) is 12.4. The lowest BCUT2D eigenvalue weighted by atomic mass is 9.75. The van der Waals surface area contributed by atoms with E-state index in [4.69, 9.17) is 5.10 Å². The normalized spacial score (nSPS) is 15.9. The van der Waals surface area contributed by atoms with Gasteiger partial charge in [-0.15, -0.1) is 0 Å². The van der Waals surface area contributed by atoms with Gasteiger partial charge in [-0.1, -0.05) is 13.8 Å². The summed E-state index contributed by atoms with van der Waals surface area (Å²) in [6.07, 6.45) is 1.50. The number of nitrogens with zero attached hydrogens (tertiary/aromatic N) is 5. The first-order valence-electron chi connectivity index (χ1n) is 10.1. The monoisotopic (exact) mass is 434 g/mol. The topological polar surface area (TPSA) is 128 Å². The highest BCUT2D eigenvalue weighted by Gasteiger charge is 2.34. The molecule has 10 nitrogen and oxygen atoms in total. The van der Waals surface area contributed by atoms with E-state index in [0.717, 1.165) is 41.2 Å². The number of non-ortho nitro benzene ring substituents is 2. The molecule has 0 spiro atoms. The fraction of sp³-hybridized carbons (Fsp3) is 0.273. The van der Waals surface area contributed by atoms with Crippen LogP contribution in [0.5, 0.6) is 0 Å². The second kappa shape index (κ2) is 7.88. The van der Waals surface area contributed by atoms with Gasteiger partial charge in [0.05, 0.1) is 38.3 Å². The van der Waals surface area contributed by atoms with E-state index < -0.39 is 9.85 Å². The Bertz CT molecular complexity index is 1230. The van der Waals surface area contributed by atoms with Crippen molar-refractivity contribution < 1.29 is 9.85 Å². The highest BCUT2D eigenvalue weighted by Crippen LogP contribution is 2.37. The minimum absolute atomic E-state index is 0.0181. The third kappa shape index (κ3) is 4.07. The molecule has 0 saturated heterocycles. The van der Waals surface area contributed by atoms with E-state index in [0.29, 0.717) is 5.69 Å². The molecule has 0 saturated carbocycles. The Kier molecular flexibility index (Phi) is 5.21. The quantitative estimate of drug-likeness (QED) is 0.454. The van der Waals surface area contributed by atoms with Gasteiger partial charge in [0.2, 0.25) is 0 Å². The number of nitrogens with one attached hydrogen (secondary N) is 1. The molecule has 1 aromatic heterocycles. The Morgan fingerprint density at radius 2 is 1.53 bits per heavy atom. The number of anilines is 1. The molecule has 3 aromatic rings. The van der Waals surface area contributed by atoms with E-state index in [1.807, 2.05) is 11.6 Å². The molecule has 0 amide bonds. The summed E-state index contributed by atoms with van der Waals surface area (Å²) in [5.74, 6) is 0. The van der Waals surface area contributed by atoms with Crippen molar-refractivity contribution >= 4 is 22.8 Å². The summed E-state index contributed by atoms with van der Waals surface area (Å²) in [5.41, 5.74) is 8.00. The van der Waals surface area contributed by atoms with Crippen LogP contribution in [0, 0.1) is 32.6 Å². The van der Waals surface area contributed by atoms with Crippen molar-refractivity contribution in [1.82, 2.24) is 9.78 Å². The van der Waals surface area contributed by atoms with Crippen molar-refractivity contribution in [3.05, 3.63) is 85.7 Å². The van der Waals surface area contributed by atoms with Gasteiger partial charge in [-0.2, -0.15) is 10.2 Å². The summed E-state index contributed by atoms with van der Waals surface area (Å²) in [5, 5.41) is 31.2. The van der Waals surface area contributed by atoms with Gasteiger partial charge in [0.15, 0.2) is 0 Å². The Balaban J connectivity index is 1.71. The molecule has 1 N–H and O–H groups in total. The zero-order chi connectivity index (χ0) is 23.0. The van der Waals surface area contributed by atoms with Crippen molar-refractivity contribution in [1.29, 1.82) is 0 Å². The minimum atomic E-state index is -0.443. The van der Waals surface area contributed by atoms with Crippen LogP contribution in [-0.2, 0) is 6.42 Å². The maximum atomic E-state index is 11.0. The zero-order valence-corrected chi connectivity index (χ0v) is 17.9. The molecule has 4 rings (SSSR count). The van der Waals surface area contributed by atoms with Crippen molar-refractivity contribution in [2.45, 2.75) is 33.6 Å². The van der Waals surface area contributed by atoms with Crippen LogP contribution in [0.25, 0.3) is 5.69 Å². The number of rotatable bonds is 5. The highest BCUT2D eigenvalue weighted by atomic mass is 16.6. The lowest BCUT2D eigenvalue weighted by Gasteiger charge is -2.31. The number of fused-ring (bicyclic) bond motifs is 1. The van der Waals surface area contributed by atoms with Crippen LogP contribution in [0.4, 0.5) is 17.1 Å². The van der Waals surface area contributed by atoms with E-state index in [-0.39, 0.29) is 16.8 Å². The largest absolute Gasteiger partial charge is 0.278 e. The number of hydrogen-bond donors (Lipinski definition) is 1. The molecule has 32 heavy (non-hydrogen) atoms. The maximum Gasteiger partial charge on any atom is 0.269 e. The van der Waals surface area contributed by atoms with Gasteiger partial charge < -0.3 is 0 Å². The maximum absolute atomic E-state index is 11.0. The van der Waals surface area contributed by atoms with Crippen LogP contribution < -0.4 is 5.43 Å². The molecule has 1 heterocycles. The Morgan fingerprint density at radius 3 is 2.09 bits per heavy atom. The van der Waals surface area contributed by atoms with Crippen LogP contribution in [0.1, 0.15) is 37.2 Å². The van der Waals surface area contributed by atoms with Crippen molar-refractivity contribution in [2.75, 3.05) is 5.43 Å². The van der Waals surface area contributed by atoms with Gasteiger partial charge in [0.25, 0.3) is 11.4 Å². The molecule has 0 aliphatic heterocycles. The molecule has 0 fully saturated rings. The lowest BCUT2D eigenvalue weighted by molar-refractivity contribution is -0.385. The van der Waals surface area contributed by atoms with Gasteiger partial charge in [0, 0.05) is 29.8 Å². The van der Waals surface area contributed by atoms with Gasteiger partial charge in [-0.25, -0.2) is 4.68 Å². The highest BCUT2D eigenvalue weighted by molar-refractivity contribution is 6.04. The molecule has 10 heteroatoms. The van der Waals surface area contributed by atoms with Gasteiger partial charge in [0.1, 0.15) is 0 Å². The number of hydrogen-bond acceptors (Lipinski definition) is 7. The summed E-state index contributed by atoms with van der Waals surface area (Å²) < 4.78 is 1.83. The molecule has 0 radical (unpaired) electrons. The summed E-state index contributed by atoms with van der Waals surface area (Å²) >= 11 is 0. The molecule has 0 atom stereocenters. The second-order valence-corrected chi connectivity index (χ2v) is 8.58. The summed E-state index contributed by atoms with van der Waals surface area (Å²) in [7, 11) is 0. The number of benzene rings is 2. The van der Waals surface area contributed by atoms with E-state index in [1.54, 1.807) is 24.3 Å². The second-order valence-electron chi connectivity index (χ2n) is 8.58. The first-order chi connectivity index (χ1) is 15.1. The molecule has 0 unspecified atom stereocenters. The van der Waals surface area contributed by atoms with Crippen molar-refractivity contribution in [3.8, 4) is 5.69 Å². The number of aromatic nitrogens is 2. The SMILES string of the molecule is Cc1nn(-c2ccc([N+](=O)[O-])cc2)c2c1/C(=N/Nc1ccc([N+](=O)[O-])cc1)CC(C)(C)C2. The van der Waals surface area contributed by atoms with E-state index in [1.165, 1.54) is 24.3 Å². The molecular weight excluding hydrogens is 412 g/mol. The molecule has 0 bridgehead atoms. The molecular formula is C22H22N6O4. The van der Waals surface area contributed by atoms with Crippen LogP contribution in [0.15, 0.2) is 53.6 Å². The molecule has 1 aliphatic carbocycles. The Labute approximate surface area is 183 Å². The fourth-order valence-corrected chi connectivity index (χ4v) is 3.99. The van der Waals surface area contributed by atoms with Crippen LogP contribution in [-0.4, -0.2) is 25.3 Å². The van der Waals surface area contributed by atoms with E-state index in [9.17, 15) is 20.2 Å². The summed E-state index contributed by atoms with van der Waals surface area (Å²) in [6.45, 7) is 6.22. The fourth-order valence-electron chi connectivity index (χ4n) is 3.99. The first kappa shape index (κ1) is 21.2. The number of aryl methyl sites for hydroxylation is 1. The van der Waals surface area contributed by atoms with Crippen molar-refractivity contribution in [2.24, 2.45) is 10.5 Å². The molecule has 1 aliphatic rings. The predicted molar refractivity (Wildman–Crippen MR) is 120 cm³/mol. The number of hydrazone groups is 1. The summed E-state index contributed by atoms with van der Waals surface area (Å²) in [4.78, 5) is 21.0. The Morgan fingerprint density at radius 1 is 0.969 bits per heavy atom. The smallest absolute Gasteiger partial charge is 0.269 e. The van der Waals surface area contributed by atoms with E-state index in [2.05, 4.69) is 24.4 Å². The third-order valence-corrected chi connectivity index (χ3v) is 5.44. The minimum Gasteiger partial charge on any atom is -0.278 e. The lowest BCUT2D eigenvalue weighted by Crippen LogP contribution is -2.29. The predicted octanol–water partition coefficient (Wildman–Crippen LogP) is 4.79. The van der Waals surface area contributed by atoms with Crippen LogP contribution >= 0.6 is 0 Å². The Hall–Kier alpha value is -4.08. The van der Waals surface area contributed by atoms with Gasteiger partial charge >= 0.3 is 0 Å². The number of nitro groups is 2. The third-order valence-electron chi connectivity index (χ3n) is 5.44. The zero-order valence-electron chi connectivity index (χ0n) is 17.9. The number of nitro benzene ring substituents is 2.